The highest BCUT2D eigenvalue weighted by molar-refractivity contribution is 5.34. The van der Waals surface area contributed by atoms with Crippen LogP contribution in [0.25, 0.3) is 0 Å². The Bertz CT molecular complexity index is 435. The van der Waals surface area contributed by atoms with Crippen LogP contribution in [-0.4, -0.2) is 18.8 Å². The molecule has 0 radical (unpaired) electrons. The van der Waals surface area contributed by atoms with Crippen molar-refractivity contribution in [3.8, 4) is 0 Å². The SMILES string of the molecule is CCCNC(c1cc(C)ccc1C)C1(C)CCCCO1. The number of hydrogen-bond donors (Lipinski definition) is 1. The number of rotatable bonds is 5. The fraction of sp³-hybridized carbons (Fsp3) is 0.667. The van der Waals surface area contributed by atoms with Crippen molar-refractivity contribution < 1.29 is 4.74 Å². The first-order valence-corrected chi connectivity index (χ1v) is 8.01. The van der Waals surface area contributed by atoms with Gasteiger partial charge in [0.2, 0.25) is 0 Å². The van der Waals surface area contributed by atoms with Crippen molar-refractivity contribution in [3.63, 3.8) is 0 Å². The van der Waals surface area contributed by atoms with Crippen LogP contribution in [0.1, 0.15) is 62.3 Å². The summed E-state index contributed by atoms with van der Waals surface area (Å²) >= 11 is 0. The molecule has 112 valence electrons. The fourth-order valence-electron chi connectivity index (χ4n) is 3.20. The molecule has 1 N–H and O–H groups in total. The highest BCUT2D eigenvalue weighted by Gasteiger charge is 2.38. The fourth-order valence-corrected chi connectivity index (χ4v) is 3.20. The molecule has 0 aliphatic carbocycles. The summed E-state index contributed by atoms with van der Waals surface area (Å²) in [6.07, 6.45) is 4.76. The molecule has 0 saturated carbocycles. The number of ether oxygens (including phenoxy) is 1. The van der Waals surface area contributed by atoms with Crippen molar-refractivity contribution >= 4 is 0 Å². The van der Waals surface area contributed by atoms with Gasteiger partial charge in [-0.15, -0.1) is 0 Å². The zero-order valence-corrected chi connectivity index (χ0v) is 13.5. The van der Waals surface area contributed by atoms with E-state index in [0.717, 1.165) is 26.0 Å². The van der Waals surface area contributed by atoms with Gasteiger partial charge in [-0.1, -0.05) is 30.7 Å². The summed E-state index contributed by atoms with van der Waals surface area (Å²) in [6.45, 7) is 10.8. The lowest BCUT2D eigenvalue weighted by Crippen LogP contribution is -2.46. The molecule has 1 aromatic carbocycles. The molecule has 1 fully saturated rings. The summed E-state index contributed by atoms with van der Waals surface area (Å²) in [6, 6.07) is 7.05. The number of nitrogens with one attached hydrogen (secondary N) is 1. The van der Waals surface area contributed by atoms with E-state index >= 15 is 0 Å². The molecular formula is C18H29NO. The highest BCUT2D eigenvalue weighted by atomic mass is 16.5. The lowest BCUT2D eigenvalue weighted by Gasteiger charge is -2.42. The second-order valence-corrected chi connectivity index (χ2v) is 6.37. The van der Waals surface area contributed by atoms with Crippen LogP contribution in [-0.2, 0) is 4.74 Å². The average Bonchev–Trinajstić information content (AvgIpc) is 2.43. The standard InChI is InChI=1S/C18H29NO/c1-5-11-19-17(18(4)10-6-7-12-20-18)16-13-14(2)8-9-15(16)3/h8-9,13,17,19H,5-7,10-12H2,1-4H3. The minimum atomic E-state index is -0.0774. The topological polar surface area (TPSA) is 21.3 Å². The van der Waals surface area contributed by atoms with Crippen LogP contribution in [0, 0.1) is 13.8 Å². The van der Waals surface area contributed by atoms with E-state index in [2.05, 4.69) is 51.2 Å². The lowest BCUT2D eigenvalue weighted by molar-refractivity contribution is -0.0898. The van der Waals surface area contributed by atoms with E-state index in [4.69, 9.17) is 4.74 Å². The highest BCUT2D eigenvalue weighted by Crippen LogP contribution is 2.38. The molecule has 0 bridgehead atoms. The maximum atomic E-state index is 6.21. The van der Waals surface area contributed by atoms with Crippen molar-refractivity contribution in [2.75, 3.05) is 13.2 Å². The van der Waals surface area contributed by atoms with Gasteiger partial charge in [0, 0.05) is 6.61 Å². The van der Waals surface area contributed by atoms with Crippen LogP contribution in [0.4, 0.5) is 0 Å². The van der Waals surface area contributed by atoms with Gasteiger partial charge in [-0.05, 0) is 64.1 Å². The minimum absolute atomic E-state index is 0.0774. The van der Waals surface area contributed by atoms with Crippen LogP contribution in [0.3, 0.4) is 0 Å². The first-order chi connectivity index (χ1) is 9.57. The largest absolute Gasteiger partial charge is 0.373 e. The molecule has 2 atom stereocenters. The van der Waals surface area contributed by atoms with Gasteiger partial charge >= 0.3 is 0 Å². The quantitative estimate of drug-likeness (QED) is 0.865. The summed E-state index contributed by atoms with van der Waals surface area (Å²) in [5, 5.41) is 3.74. The Balaban J connectivity index is 2.33. The van der Waals surface area contributed by atoms with E-state index in [-0.39, 0.29) is 5.60 Å². The number of aryl methyl sites for hydroxylation is 2. The third kappa shape index (κ3) is 3.42. The Morgan fingerprint density at radius 1 is 1.30 bits per heavy atom. The molecule has 0 amide bonds. The molecule has 1 aromatic rings. The van der Waals surface area contributed by atoms with Crippen LogP contribution < -0.4 is 5.32 Å². The zero-order chi connectivity index (χ0) is 14.6. The maximum absolute atomic E-state index is 6.21. The molecule has 20 heavy (non-hydrogen) atoms. The molecule has 0 aromatic heterocycles. The Morgan fingerprint density at radius 3 is 2.75 bits per heavy atom. The smallest absolute Gasteiger partial charge is 0.0848 e. The second kappa shape index (κ2) is 6.73. The summed E-state index contributed by atoms with van der Waals surface area (Å²) in [5.74, 6) is 0. The number of benzene rings is 1. The van der Waals surface area contributed by atoms with Crippen molar-refractivity contribution in [3.05, 3.63) is 34.9 Å². The molecule has 1 aliphatic heterocycles. The van der Waals surface area contributed by atoms with Gasteiger partial charge in [0.1, 0.15) is 0 Å². The molecule has 0 spiro atoms. The lowest BCUT2D eigenvalue weighted by atomic mass is 9.82. The monoisotopic (exact) mass is 275 g/mol. The summed E-state index contributed by atoms with van der Waals surface area (Å²) in [5.41, 5.74) is 4.02. The normalized spacial score (nSPS) is 24.6. The number of hydrogen-bond acceptors (Lipinski definition) is 2. The predicted molar refractivity (Wildman–Crippen MR) is 85.2 cm³/mol. The molecule has 1 saturated heterocycles. The minimum Gasteiger partial charge on any atom is -0.373 e. The molecule has 2 rings (SSSR count). The van der Waals surface area contributed by atoms with Crippen LogP contribution in [0.2, 0.25) is 0 Å². The molecule has 1 heterocycles. The summed E-state index contributed by atoms with van der Waals surface area (Å²) < 4.78 is 6.21. The Kier molecular flexibility index (Phi) is 5.22. The van der Waals surface area contributed by atoms with Crippen LogP contribution in [0.15, 0.2) is 18.2 Å². The molecule has 2 unspecified atom stereocenters. The van der Waals surface area contributed by atoms with E-state index in [1.165, 1.54) is 29.5 Å². The summed E-state index contributed by atoms with van der Waals surface area (Å²) in [4.78, 5) is 0. The molecule has 2 nitrogen and oxygen atoms in total. The second-order valence-electron chi connectivity index (χ2n) is 6.37. The summed E-state index contributed by atoms with van der Waals surface area (Å²) in [7, 11) is 0. The van der Waals surface area contributed by atoms with Gasteiger partial charge in [-0.3, -0.25) is 0 Å². The van der Waals surface area contributed by atoms with Crippen molar-refractivity contribution in [1.29, 1.82) is 0 Å². The van der Waals surface area contributed by atoms with E-state index in [1.807, 2.05) is 0 Å². The first-order valence-electron chi connectivity index (χ1n) is 8.01. The third-order valence-corrected chi connectivity index (χ3v) is 4.45. The Labute approximate surface area is 123 Å². The van der Waals surface area contributed by atoms with Crippen molar-refractivity contribution in [1.82, 2.24) is 5.32 Å². The predicted octanol–water partition coefficient (Wildman–Crippen LogP) is 4.30. The molecule has 2 heteroatoms. The van der Waals surface area contributed by atoms with Gasteiger partial charge < -0.3 is 10.1 Å². The maximum Gasteiger partial charge on any atom is 0.0848 e. The van der Waals surface area contributed by atoms with Gasteiger partial charge in [0.15, 0.2) is 0 Å². The van der Waals surface area contributed by atoms with Crippen LogP contribution in [0.5, 0.6) is 0 Å². The molecular weight excluding hydrogens is 246 g/mol. The van der Waals surface area contributed by atoms with E-state index < -0.39 is 0 Å². The zero-order valence-electron chi connectivity index (χ0n) is 13.5. The third-order valence-electron chi connectivity index (χ3n) is 4.45. The van der Waals surface area contributed by atoms with Gasteiger partial charge in [0.25, 0.3) is 0 Å². The average molecular weight is 275 g/mol. The van der Waals surface area contributed by atoms with Gasteiger partial charge in [0.05, 0.1) is 11.6 Å². The first kappa shape index (κ1) is 15.5. The Morgan fingerprint density at radius 2 is 2.10 bits per heavy atom. The van der Waals surface area contributed by atoms with E-state index in [1.54, 1.807) is 0 Å². The molecule has 1 aliphatic rings. The Hall–Kier alpha value is -0.860. The van der Waals surface area contributed by atoms with Gasteiger partial charge in [-0.25, -0.2) is 0 Å². The van der Waals surface area contributed by atoms with Crippen molar-refractivity contribution in [2.45, 2.75) is 65.0 Å². The van der Waals surface area contributed by atoms with Crippen LogP contribution >= 0.6 is 0 Å². The van der Waals surface area contributed by atoms with E-state index in [0.29, 0.717) is 6.04 Å². The van der Waals surface area contributed by atoms with Gasteiger partial charge in [-0.2, -0.15) is 0 Å². The van der Waals surface area contributed by atoms with E-state index in [9.17, 15) is 0 Å². The van der Waals surface area contributed by atoms with Crippen molar-refractivity contribution in [2.24, 2.45) is 0 Å².